The van der Waals surface area contributed by atoms with Gasteiger partial charge in [0, 0.05) is 25.7 Å². The average molecular weight is 377 g/mol. The summed E-state index contributed by atoms with van der Waals surface area (Å²) in [5, 5.41) is 10.5. The number of sulfonamides is 1. The van der Waals surface area contributed by atoms with Gasteiger partial charge < -0.3 is 5.73 Å². The van der Waals surface area contributed by atoms with Crippen LogP contribution in [0.25, 0.3) is 0 Å². The van der Waals surface area contributed by atoms with Crippen LogP contribution in [0.4, 0.5) is 27.6 Å². The Morgan fingerprint density at radius 2 is 1.67 bits per heavy atom. The Morgan fingerprint density at radius 3 is 2.00 bits per heavy atom. The van der Waals surface area contributed by atoms with Crippen LogP contribution in [-0.2, 0) is 10.0 Å². The highest BCUT2D eigenvalue weighted by Gasteiger charge is 2.64. The van der Waals surface area contributed by atoms with Gasteiger partial charge in [0.25, 0.3) is 5.69 Å². The number of nitro groups is 1. The van der Waals surface area contributed by atoms with E-state index in [4.69, 9.17) is 5.73 Å². The SMILES string of the molecule is CN(C(CN)C(F)(F)C(F)(F)F)S(=O)(=O)c1ccc([N+](=O)[O-])cc1. The van der Waals surface area contributed by atoms with Crippen LogP contribution in [0.15, 0.2) is 29.2 Å². The van der Waals surface area contributed by atoms with Crippen LogP contribution in [0, 0.1) is 10.1 Å². The lowest BCUT2D eigenvalue weighted by Gasteiger charge is -2.33. The maximum absolute atomic E-state index is 13.5. The van der Waals surface area contributed by atoms with E-state index in [9.17, 15) is 40.5 Å². The maximum atomic E-state index is 13.5. The summed E-state index contributed by atoms with van der Waals surface area (Å²) >= 11 is 0. The summed E-state index contributed by atoms with van der Waals surface area (Å²) in [6.45, 7) is -1.30. The number of hydrogen-bond donors (Lipinski definition) is 1. The maximum Gasteiger partial charge on any atom is 0.455 e. The lowest BCUT2D eigenvalue weighted by atomic mass is 10.1. The zero-order valence-corrected chi connectivity index (χ0v) is 12.8. The Labute approximate surface area is 133 Å². The van der Waals surface area contributed by atoms with Crippen molar-refractivity contribution in [2.75, 3.05) is 13.6 Å². The van der Waals surface area contributed by atoms with E-state index in [1.54, 1.807) is 0 Å². The van der Waals surface area contributed by atoms with E-state index in [-0.39, 0.29) is 4.31 Å². The van der Waals surface area contributed by atoms with Crippen molar-refractivity contribution in [2.24, 2.45) is 5.73 Å². The molecule has 1 rings (SSSR count). The van der Waals surface area contributed by atoms with Crippen molar-refractivity contribution in [1.29, 1.82) is 0 Å². The molecule has 0 bridgehead atoms. The van der Waals surface area contributed by atoms with Gasteiger partial charge in [0.2, 0.25) is 10.0 Å². The Hall–Kier alpha value is -1.86. The number of nitrogens with zero attached hydrogens (tertiary/aromatic N) is 2. The molecule has 0 aliphatic heterocycles. The molecule has 0 radical (unpaired) electrons. The van der Waals surface area contributed by atoms with Gasteiger partial charge in [-0.3, -0.25) is 10.1 Å². The first kappa shape index (κ1) is 20.2. The molecule has 0 spiro atoms. The van der Waals surface area contributed by atoms with Crippen molar-refractivity contribution >= 4 is 15.7 Å². The largest absolute Gasteiger partial charge is 0.455 e. The monoisotopic (exact) mass is 377 g/mol. The van der Waals surface area contributed by atoms with Crippen molar-refractivity contribution in [3.8, 4) is 0 Å². The Bertz CT molecular complexity index is 705. The van der Waals surface area contributed by atoms with E-state index in [1.165, 1.54) is 0 Å². The summed E-state index contributed by atoms with van der Waals surface area (Å²) in [4.78, 5) is 8.98. The molecule has 0 aromatic heterocycles. The number of nitrogens with two attached hydrogens (primary N) is 1. The highest BCUT2D eigenvalue weighted by atomic mass is 32.2. The quantitative estimate of drug-likeness (QED) is 0.462. The van der Waals surface area contributed by atoms with Crippen molar-refractivity contribution < 1.29 is 35.3 Å². The number of benzene rings is 1. The average Bonchev–Trinajstić information content (AvgIpc) is 2.46. The van der Waals surface area contributed by atoms with Gasteiger partial charge in [-0.1, -0.05) is 0 Å². The fourth-order valence-corrected chi connectivity index (χ4v) is 3.15. The summed E-state index contributed by atoms with van der Waals surface area (Å²) in [6.07, 6.45) is -6.00. The highest BCUT2D eigenvalue weighted by molar-refractivity contribution is 7.89. The molecule has 0 aliphatic rings. The summed E-state index contributed by atoms with van der Waals surface area (Å²) in [6, 6.07) is 0.130. The minimum atomic E-state index is -6.00. The number of likely N-dealkylation sites (N-methyl/N-ethyl adjacent to an activating group) is 1. The van der Waals surface area contributed by atoms with E-state index < -0.39 is 50.2 Å². The molecule has 0 aliphatic carbocycles. The summed E-state index contributed by atoms with van der Waals surface area (Å²) in [7, 11) is -4.26. The first-order valence-electron chi connectivity index (χ1n) is 6.14. The molecule has 0 heterocycles. The number of hydrogen-bond acceptors (Lipinski definition) is 5. The van der Waals surface area contributed by atoms with Crippen LogP contribution >= 0.6 is 0 Å². The van der Waals surface area contributed by atoms with Crippen LogP contribution in [0.5, 0.6) is 0 Å². The van der Waals surface area contributed by atoms with Gasteiger partial charge in [0.05, 0.1) is 9.82 Å². The molecule has 0 fully saturated rings. The zero-order valence-electron chi connectivity index (χ0n) is 12.0. The molecule has 24 heavy (non-hydrogen) atoms. The minimum absolute atomic E-state index is 0.193. The molecule has 13 heteroatoms. The fourth-order valence-electron chi connectivity index (χ4n) is 1.79. The molecular formula is C11H12F5N3O4S. The predicted molar refractivity (Wildman–Crippen MR) is 71.9 cm³/mol. The van der Waals surface area contributed by atoms with Gasteiger partial charge in [-0.2, -0.15) is 26.3 Å². The first-order chi connectivity index (χ1) is 10.8. The second kappa shape index (κ2) is 6.57. The molecule has 1 atom stereocenters. The summed E-state index contributed by atoms with van der Waals surface area (Å²) < 4.78 is 88.5. The standard InChI is InChI=1S/C11H12F5N3O4S/c1-18(9(6-17)10(12,13)11(14,15)16)24(22,23)8-4-2-7(3-5-8)19(20)21/h2-5,9H,6,17H2,1H3. The normalized spacial score (nSPS) is 14.7. The van der Waals surface area contributed by atoms with E-state index in [1.807, 2.05) is 0 Å². The van der Waals surface area contributed by atoms with E-state index in [2.05, 4.69) is 0 Å². The van der Waals surface area contributed by atoms with E-state index in [0.717, 1.165) is 24.3 Å². The van der Waals surface area contributed by atoms with Crippen LogP contribution < -0.4 is 5.73 Å². The third-order valence-corrected chi connectivity index (χ3v) is 5.06. The lowest BCUT2D eigenvalue weighted by Crippen LogP contribution is -2.58. The Morgan fingerprint density at radius 1 is 1.21 bits per heavy atom. The van der Waals surface area contributed by atoms with Gasteiger partial charge in [0.15, 0.2) is 0 Å². The number of halogens is 5. The molecule has 7 nitrogen and oxygen atoms in total. The van der Waals surface area contributed by atoms with Gasteiger partial charge in [-0.25, -0.2) is 8.42 Å². The predicted octanol–water partition coefficient (Wildman–Crippen LogP) is 1.74. The smallest absolute Gasteiger partial charge is 0.329 e. The summed E-state index contributed by atoms with van der Waals surface area (Å²) in [5.74, 6) is -5.38. The van der Waals surface area contributed by atoms with E-state index in [0.29, 0.717) is 7.05 Å². The highest BCUT2D eigenvalue weighted by Crippen LogP contribution is 2.40. The Balaban J connectivity index is 3.27. The van der Waals surface area contributed by atoms with Crippen LogP contribution in [0.1, 0.15) is 0 Å². The molecular weight excluding hydrogens is 365 g/mol. The van der Waals surface area contributed by atoms with Crippen LogP contribution in [0.3, 0.4) is 0 Å². The molecule has 136 valence electrons. The lowest BCUT2D eigenvalue weighted by molar-refractivity contribution is -0.384. The van der Waals surface area contributed by atoms with Crippen molar-refractivity contribution in [3.05, 3.63) is 34.4 Å². The molecule has 1 unspecified atom stereocenters. The Kier molecular flexibility index (Phi) is 5.52. The van der Waals surface area contributed by atoms with Gasteiger partial charge >= 0.3 is 12.1 Å². The van der Waals surface area contributed by atoms with Gasteiger partial charge in [-0.15, -0.1) is 0 Å². The molecule has 0 amide bonds. The molecule has 1 aromatic rings. The van der Waals surface area contributed by atoms with Gasteiger partial charge in [-0.05, 0) is 12.1 Å². The third kappa shape index (κ3) is 3.62. The third-order valence-electron chi connectivity index (χ3n) is 3.18. The van der Waals surface area contributed by atoms with Crippen LogP contribution in [-0.4, -0.2) is 49.4 Å². The number of rotatable bonds is 6. The van der Waals surface area contributed by atoms with Crippen molar-refractivity contribution in [2.45, 2.75) is 23.0 Å². The molecule has 1 aromatic carbocycles. The van der Waals surface area contributed by atoms with Gasteiger partial charge in [0.1, 0.15) is 6.04 Å². The second-order valence-corrected chi connectivity index (χ2v) is 6.64. The van der Waals surface area contributed by atoms with Crippen molar-refractivity contribution in [3.63, 3.8) is 0 Å². The molecule has 0 saturated heterocycles. The topological polar surface area (TPSA) is 107 Å². The first-order valence-corrected chi connectivity index (χ1v) is 7.58. The fraction of sp³-hybridized carbons (Fsp3) is 0.455. The van der Waals surface area contributed by atoms with E-state index >= 15 is 0 Å². The zero-order chi connectivity index (χ0) is 18.9. The number of nitro benzene ring substituents is 1. The van der Waals surface area contributed by atoms with Crippen molar-refractivity contribution in [1.82, 2.24) is 4.31 Å². The minimum Gasteiger partial charge on any atom is -0.329 e. The molecule has 0 saturated carbocycles. The second-order valence-electron chi connectivity index (χ2n) is 4.64. The number of non-ortho nitro benzene ring substituents is 1. The molecule has 2 N–H and O–H groups in total. The summed E-state index contributed by atoms with van der Waals surface area (Å²) in [5.41, 5.74) is 4.44. The van der Waals surface area contributed by atoms with Crippen LogP contribution in [0.2, 0.25) is 0 Å². The number of alkyl halides is 5.